The summed E-state index contributed by atoms with van der Waals surface area (Å²) in [6.07, 6.45) is -4.34. The molecule has 0 N–H and O–H groups in total. The molecule has 2 aromatic carbocycles. The second kappa shape index (κ2) is 7.90. The Kier molecular flexibility index (Phi) is 5.31. The zero-order valence-corrected chi connectivity index (χ0v) is 16.2. The summed E-state index contributed by atoms with van der Waals surface area (Å²) >= 11 is 1.32. The molecule has 1 saturated heterocycles. The highest BCUT2D eigenvalue weighted by atomic mass is 32.1. The van der Waals surface area contributed by atoms with Crippen molar-refractivity contribution < 1.29 is 22.7 Å². The fourth-order valence-corrected chi connectivity index (χ4v) is 4.30. The van der Waals surface area contributed by atoms with Crippen LogP contribution in [0.5, 0.6) is 5.75 Å². The van der Waals surface area contributed by atoms with E-state index in [1.54, 1.807) is 0 Å². The number of alkyl halides is 3. The van der Waals surface area contributed by atoms with E-state index < -0.39 is 6.36 Å². The molecule has 29 heavy (non-hydrogen) atoms. The number of piperazine rings is 1. The summed E-state index contributed by atoms with van der Waals surface area (Å²) in [7, 11) is 0. The van der Waals surface area contributed by atoms with Crippen LogP contribution in [0.25, 0.3) is 10.2 Å². The molecule has 5 nitrogen and oxygen atoms in total. The van der Waals surface area contributed by atoms with Crippen molar-refractivity contribution in [2.75, 3.05) is 31.1 Å². The van der Waals surface area contributed by atoms with Crippen molar-refractivity contribution >= 4 is 32.6 Å². The zero-order chi connectivity index (χ0) is 20.4. The van der Waals surface area contributed by atoms with Crippen molar-refractivity contribution in [1.29, 1.82) is 0 Å². The van der Waals surface area contributed by atoms with Crippen molar-refractivity contribution in [3.63, 3.8) is 0 Å². The lowest BCUT2D eigenvalue weighted by molar-refractivity contribution is -0.274. The number of hydrogen-bond donors (Lipinski definition) is 0. The summed E-state index contributed by atoms with van der Waals surface area (Å²) in [4.78, 5) is 20.9. The highest BCUT2D eigenvalue weighted by molar-refractivity contribution is 7.22. The molecule has 2 heterocycles. The quantitative estimate of drug-likeness (QED) is 0.637. The van der Waals surface area contributed by atoms with Crippen LogP contribution in [-0.2, 0) is 11.2 Å². The van der Waals surface area contributed by atoms with E-state index in [2.05, 4.69) is 14.6 Å². The van der Waals surface area contributed by atoms with Crippen molar-refractivity contribution in [1.82, 2.24) is 9.88 Å². The minimum Gasteiger partial charge on any atom is -0.406 e. The number of hydrogen-bond acceptors (Lipinski definition) is 5. The molecule has 1 aromatic heterocycles. The van der Waals surface area contributed by atoms with E-state index in [4.69, 9.17) is 0 Å². The fourth-order valence-electron chi connectivity index (χ4n) is 3.25. The van der Waals surface area contributed by atoms with Crippen LogP contribution < -0.4 is 9.64 Å². The first kappa shape index (κ1) is 19.5. The van der Waals surface area contributed by atoms with Gasteiger partial charge in [0.1, 0.15) is 5.75 Å². The number of amides is 1. The Morgan fingerprint density at radius 2 is 1.79 bits per heavy atom. The van der Waals surface area contributed by atoms with E-state index in [0.717, 1.165) is 10.7 Å². The topological polar surface area (TPSA) is 45.7 Å². The number of halogens is 3. The number of fused-ring (bicyclic) bond motifs is 1. The van der Waals surface area contributed by atoms with E-state index in [1.165, 1.54) is 29.5 Å². The lowest BCUT2D eigenvalue weighted by Gasteiger charge is -2.34. The first-order chi connectivity index (χ1) is 13.9. The first-order valence-corrected chi connectivity index (χ1v) is 9.92. The van der Waals surface area contributed by atoms with E-state index in [1.807, 2.05) is 35.2 Å². The zero-order valence-electron chi connectivity index (χ0n) is 15.4. The molecule has 1 aliphatic heterocycles. The van der Waals surface area contributed by atoms with Crippen LogP contribution in [0.1, 0.15) is 5.56 Å². The normalized spacial score (nSPS) is 15.0. The van der Waals surface area contributed by atoms with Crippen LogP contribution in [0.3, 0.4) is 0 Å². The fraction of sp³-hybridized carbons (Fsp3) is 0.300. The van der Waals surface area contributed by atoms with Gasteiger partial charge in [-0.15, -0.1) is 13.2 Å². The number of ether oxygens (including phenoxy) is 1. The number of anilines is 1. The number of carbonyl (C=O) groups is 1. The van der Waals surface area contributed by atoms with E-state index in [0.29, 0.717) is 42.8 Å². The van der Waals surface area contributed by atoms with Crippen LogP contribution in [0.4, 0.5) is 18.3 Å². The van der Waals surface area contributed by atoms with Crippen molar-refractivity contribution in [2.24, 2.45) is 0 Å². The van der Waals surface area contributed by atoms with Crippen LogP contribution in [0, 0.1) is 0 Å². The molecule has 0 saturated carbocycles. The minimum atomic E-state index is -4.72. The Morgan fingerprint density at radius 3 is 2.48 bits per heavy atom. The Balaban J connectivity index is 1.39. The van der Waals surface area contributed by atoms with Crippen molar-refractivity contribution in [3.8, 4) is 5.75 Å². The summed E-state index contributed by atoms with van der Waals surface area (Å²) in [6.45, 7) is 2.44. The van der Waals surface area contributed by atoms with Gasteiger partial charge in [0.25, 0.3) is 0 Å². The summed E-state index contributed by atoms with van der Waals surface area (Å²) in [5.74, 6) is -0.161. The van der Waals surface area contributed by atoms with E-state index in [9.17, 15) is 18.0 Å². The van der Waals surface area contributed by atoms with Gasteiger partial charge in [0.2, 0.25) is 5.91 Å². The third-order valence-electron chi connectivity index (χ3n) is 4.68. The molecule has 0 unspecified atom stereocenters. The smallest absolute Gasteiger partial charge is 0.406 e. The molecule has 0 bridgehead atoms. The van der Waals surface area contributed by atoms with Gasteiger partial charge in [-0.2, -0.15) is 0 Å². The molecule has 0 spiro atoms. The predicted octanol–water partition coefficient (Wildman–Crippen LogP) is 4.09. The van der Waals surface area contributed by atoms with Gasteiger partial charge in [0.05, 0.1) is 16.6 Å². The Morgan fingerprint density at radius 1 is 1.07 bits per heavy atom. The van der Waals surface area contributed by atoms with Gasteiger partial charge in [0.15, 0.2) is 5.13 Å². The largest absolute Gasteiger partial charge is 0.573 e. The van der Waals surface area contributed by atoms with Gasteiger partial charge in [-0.25, -0.2) is 4.98 Å². The molecule has 0 aliphatic carbocycles. The molecule has 3 aromatic rings. The van der Waals surface area contributed by atoms with E-state index in [-0.39, 0.29) is 11.7 Å². The molecule has 0 radical (unpaired) electrons. The highest BCUT2D eigenvalue weighted by Crippen LogP contribution is 2.33. The Bertz CT molecular complexity index is 999. The second-order valence-electron chi connectivity index (χ2n) is 6.70. The molecule has 1 aliphatic rings. The third kappa shape index (κ3) is 4.79. The summed E-state index contributed by atoms with van der Waals surface area (Å²) in [6, 6.07) is 13.8. The molecule has 1 fully saturated rings. The molecule has 152 valence electrons. The van der Waals surface area contributed by atoms with Crippen molar-refractivity contribution in [3.05, 3.63) is 54.1 Å². The van der Waals surface area contributed by atoms with Crippen LogP contribution in [0.2, 0.25) is 0 Å². The number of thiazole rings is 1. The summed E-state index contributed by atoms with van der Waals surface area (Å²) < 4.78 is 41.8. The molecule has 1 amide bonds. The van der Waals surface area contributed by atoms with Gasteiger partial charge < -0.3 is 14.5 Å². The van der Waals surface area contributed by atoms with Gasteiger partial charge in [-0.05, 0) is 17.7 Å². The van der Waals surface area contributed by atoms with Crippen molar-refractivity contribution in [2.45, 2.75) is 12.8 Å². The van der Waals surface area contributed by atoms with Gasteiger partial charge >= 0.3 is 6.36 Å². The summed E-state index contributed by atoms with van der Waals surface area (Å²) in [5.41, 5.74) is 1.62. The summed E-state index contributed by atoms with van der Waals surface area (Å²) in [5, 5.41) is 0.735. The molecule has 4 rings (SSSR count). The highest BCUT2D eigenvalue weighted by Gasteiger charge is 2.31. The lowest BCUT2D eigenvalue weighted by Crippen LogP contribution is -2.49. The monoisotopic (exact) mass is 421 g/mol. The number of rotatable bonds is 4. The van der Waals surface area contributed by atoms with Crippen LogP contribution in [0.15, 0.2) is 48.5 Å². The van der Waals surface area contributed by atoms with Gasteiger partial charge in [-0.1, -0.05) is 41.7 Å². The van der Waals surface area contributed by atoms with Gasteiger partial charge in [-0.3, -0.25) is 4.79 Å². The maximum Gasteiger partial charge on any atom is 0.573 e. The number of benzene rings is 2. The average Bonchev–Trinajstić information content (AvgIpc) is 3.11. The molecule has 0 atom stereocenters. The predicted molar refractivity (Wildman–Crippen MR) is 105 cm³/mol. The maximum absolute atomic E-state index is 12.5. The SMILES string of the molecule is O=C(Cc1ccccc1)N1CCN(c2nc3ccc(OC(F)(F)F)cc3s2)CC1. The number of carbonyl (C=O) groups excluding carboxylic acids is 1. The number of aromatic nitrogens is 1. The third-order valence-corrected chi connectivity index (χ3v) is 5.76. The van der Waals surface area contributed by atoms with E-state index >= 15 is 0 Å². The Hall–Kier alpha value is -2.81. The Labute approximate surface area is 169 Å². The standard InChI is InChI=1S/C20H18F3N3O2S/c21-20(22,23)28-15-6-7-16-17(13-15)29-19(24-16)26-10-8-25(9-11-26)18(27)12-14-4-2-1-3-5-14/h1-7,13H,8-12H2. The average molecular weight is 421 g/mol. The maximum atomic E-state index is 12.5. The second-order valence-corrected chi connectivity index (χ2v) is 7.71. The first-order valence-electron chi connectivity index (χ1n) is 9.10. The van der Waals surface area contributed by atoms with Gasteiger partial charge in [0, 0.05) is 32.2 Å². The number of nitrogens with zero attached hydrogens (tertiary/aromatic N) is 3. The molecular formula is C20H18F3N3O2S. The van der Waals surface area contributed by atoms with Crippen LogP contribution >= 0.6 is 11.3 Å². The van der Waals surface area contributed by atoms with Crippen LogP contribution in [-0.4, -0.2) is 48.3 Å². The molecule has 9 heteroatoms. The lowest BCUT2D eigenvalue weighted by atomic mass is 10.1. The molecular weight excluding hydrogens is 403 g/mol. The minimum absolute atomic E-state index is 0.0918.